The summed E-state index contributed by atoms with van der Waals surface area (Å²) in [6.45, 7) is 4.15. The van der Waals surface area contributed by atoms with Gasteiger partial charge in [-0.15, -0.1) is 0 Å². The van der Waals surface area contributed by atoms with E-state index in [9.17, 15) is 4.79 Å². The molecular formula is C18H21N3O3. The van der Waals surface area contributed by atoms with Crippen LogP contribution < -0.4 is 10.1 Å². The van der Waals surface area contributed by atoms with Crippen LogP contribution in [0.25, 0.3) is 0 Å². The summed E-state index contributed by atoms with van der Waals surface area (Å²) in [5.74, 6) is 0.835. The number of hydrogen-bond donors (Lipinski definition) is 1. The highest BCUT2D eigenvalue weighted by atomic mass is 16.5. The maximum atomic E-state index is 12.2. The van der Waals surface area contributed by atoms with Gasteiger partial charge in [0.15, 0.2) is 0 Å². The topological polar surface area (TPSA) is 73.3 Å². The second-order valence-electron chi connectivity index (χ2n) is 5.90. The van der Waals surface area contributed by atoms with Crippen molar-refractivity contribution < 1.29 is 14.3 Å². The molecule has 3 heterocycles. The highest BCUT2D eigenvalue weighted by Crippen LogP contribution is 2.17. The van der Waals surface area contributed by atoms with Crippen LogP contribution >= 0.6 is 0 Å². The maximum absolute atomic E-state index is 12.2. The lowest BCUT2D eigenvalue weighted by atomic mass is 10.0. The smallest absolute Gasteiger partial charge is 0.257 e. The summed E-state index contributed by atoms with van der Waals surface area (Å²) >= 11 is 0. The quantitative estimate of drug-likeness (QED) is 0.914. The molecule has 126 valence electrons. The number of nitrogens with zero attached hydrogens (tertiary/aromatic N) is 2. The van der Waals surface area contributed by atoms with Crippen LogP contribution in [0.5, 0.6) is 5.88 Å². The fraction of sp³-hybridized carbons (Fsp3) is 0.389. The van der Waals surface area contributed by atoms with E-state index in [-0.39, 0.29) is 5.91 Å². The first-order valence-electron chi connectivity index (χ1n) is 8.11. The van der Waals surface area contributed by atoms with Gasteiger partial charge in [0.05, 0.1) is 24.1 Å². The second-order valence-corrected chi connectivity index (χ2v) is 5.90. The Morgan fingerprint density at radius 3 is 2.83 bits per heavy atom. The van der Waals surface area contributed by atoms with Gasteiger partial charge >= 0.3 is 0 Å². The molecule has 3 rings (SSSR count). The van der Waals surface area contributed by atoms with Crippen LogP contribution in [0, 0.1) is 12.8 Å². The highest BCUT2D eigenvalue weighted by molar-refractivity contribution is 6.04. The van der Waals surface area contributed by atoms with Crippen molar-refractivity contribution in [1.29, 1.82) is 0 Å². The minimum atomic E-state index is -0.213. The number of ether oxygens (including phenoxy) is 2. The lowest BCUT2D eigenvalue weighted by molar-refractivity contribution is 0.0490. The number of nitrogens with one attached hydrogen (secondary N) is 1. The Morgan fingerprint density at radius 1 is 1.29 bits per heavy atom. The van der Waals surface area contributed by atoms with Crippen molar-refractivity contribution in [3.8, 4) is 5.88 Å². The summed E-state index contributed by atoms with van der Waals surface area (Å²) in [7, 11) is 0. The Morgan fingerprint density at radius 2 is 2.12 bits per heavy atom. The number of pyridine rings is 2. The van der Waals surface area contributed by atoms with Crippen molar-refractivity contribution in [2.75, 3.05) is 25.1 Å². The average molecular weight is 327 g/mol. The van der Waals surface area contributed by atoms with Crippen LogP contribution in [-0.4, -0.2) is 35.7 Å². The number of anilines is 1. The zero-order valence-electron chi connectivity index (χ0n) is 13.7. The van der Waals surface area contributed by atoms with Crippen molar-refractivity contribution in [2.24, 2.45) is 5.92 Å². The summed E-state index contributed by atoms with van der Waals surface area (Å²) in [6.07, 6.45) is 6.89. The molecule has 24 heavy (non-hydrogen) atoms. The van der Waals surface area contributed by atoms with E-state index in [4.69, 9.17) is 9.47 Å². The van der Waals surface area contributed by atoms with E-state index in [0.29, 0.717) is 29.7 Å². The van der Waals surface area contributed by atoms with Gasteiger partial charge in [0, 0.05) is 31.7 Å². The third-order valence-electron chi connectivity index (χ3n) is 4.09. The molecule has 1 amide bonds. The van der Waals surface area contributed by atoms with Gasteiger partial charge in [-0.3, -0.25) is 9.78 Å². The summed E-state index contributed by atoms with van der Waals surface area (Å²) in [5.41, 5.74) is 2.14. The molecule has 0 radical (unpaired) electrons. The minimum absolute atomic E-state index is 0.213. The van der Waals surface area contributed by atoms with Crippen LogP contribution in [0.3, 0.4) is 0 Å². The van der Waals surface area contributed by atoms with Gasteiger partial charge in [-0.05, 0) is 43.4 Å². The second kappa shape index (κ2) is 7.88. The number of aromatic nitrogens is 2. The van der Waals surface area contributed by atoms with Crippen LogP contribution in [0.2, 0.25) is 0 Å². The molecule has 1 fully saturated rings. The van der Waals surface area contributed by atoms with Crippen molar-refractivity contribution in [3.05, 3.63) is 47.9 Å². The predicted molar refractivity (Wildman–Crippen MR) is 90.2 cm³/mol. The average Bonchev–Trinajstić information content (AvgIpc) is 2.63. The normalized spacial score (nSPS) is 15.0. The molecule has 0 aliphatic carbocycles. The van der Waals surface area contributed by atoms with Crippen molar-refractivity contribution in [1.82, 2.24) is 9.97 Å². The Hall–Kier alpha value is -2.47. The van der Waals surface area contributed by atoms with Gasteiger partial charge in [-0.1, -0.05) is 0 Å². The lowest BCUT2D eigenvalue weighted by Crippen LogP contribution is -2.21. The molecule has 0 bridgehead atoms. The van der Waals surface area contributed by atoms with E-state index < -0.39 is 0 Å². The monoisotopic (exact) mass is 327 g/mol. The summed E-state index contributed by atoms with van der Waals surface area (Å²) in [4.78, 5) is 20.5. The van der Waals surface area contributed by atoms with Crippen molar-refractivity contribution >= 4 is 11.6 Å². The Bertz CT molecular complexity index is 682. The molecule has 2 aromatic rings. The zero-order valence-corrected chi connectivity index (χ0v) is 13.7. The Labute approximate surface area is 141 Å². The molecule has 2 aromatic heterocycles. The number of rotatable bonds is 5. The number of amides is 1. The van der Waals surface area contributed by atoms with E-state index in [1.165, 1.54) is 6.20 Å². The summed E-state index contributed by atoms with van der Waals surface area (Å²) in [5, 5.41) is 2.83. The molecule has 0 aromatic carbocycles. The van der Waals surface area contributed by atoms with Gasteiger partial charge < -0.3 is 14.8 Å². The standard InChI is InChI=1S/C18H21N3O3/c1-13-4-7-19-11-16(13)21-18(22)15-2-3-17(20-10-15)24-12-14-5-8-23-9-6-14/h2-4,7,10-11,14H,5-6,8-9,12H2,1H3,(H,21,22). The molecule has 6 heteroatoms. The number of hydrogen-bond acceptors (Lipinski definition) is 5. The van der Waals surface area contributed by atoms with Crippen LogP contribution in [0.1, 0.15) is 28.8 Å². The fourth-order valence-electron chi connectivity index (χ4n) is 2.51. The van der Waals surface area contributed by atoms with E-state index in [1.54, 1.807) is 24.5 Å². The van der Waals surface area contributed by atoms with Crippen LogP contribution in [0.15, 0.2) is 36.8 Å². The van der Waals surface area contributed by atoms with E-state index in [2.05, 4.69) is 15.3 Å². The van der Waals surface area contributed by atoms with Crippen LogP contribution in [-0.2, 0) is 4.74 Å². The molecular weight excluding hydrogens is 306 g/mol. The molecule has 0 atom stereocenters. The first kappa shape index (κ1) is 16.4. The van der Waals surface area contributed by atoms with Gasteiger partial charge in [0.25, 0.3) is 5.91 Å². The molecule has 0 spiro atoms. The number of carbonyl (C=O) groups is 1. The van der Waals surface area contributed by atoms with Gasteiger partial charge in [-0.25, -0.2) is 4.98 Å². The largest absolute Gasteiger partial charge is 0.477 e. The SMILES string of the molecule is Cc1ccncc1NC(=O)c1ccc(OCC2CCOCC2)nc1. The van der Waals surface area contributed by atoms with Crippen molar-refractivity contribution in [3.63, 3.8) is 0 Å². The minimum Gasteiger partial charge on any atom is -0.477 e. The fourth-order valence-corrected chi connectivity index (χ4v) is 2.51. The van der Waals surface area contributed by atoms with Crippen molar-refractivity contribution in [2.45, 2.75) is 19.8 Å². The molecule has 0 saturated carbocycles. The summed E-state index contributed by atoms with van der Waals surface area (Å²) in [6, 6.07) is 5.29. The third kappa shape index (κ3) is 4.29. The first-order chi connectivity index (χ1) is 11.7. The van der Waals surface area contributed by atoms with Gasteiger partial charge in [-0.2, -0.15) is 0 Å². The van der Waals surface area contributed by atoms with E-state index in [0.717, 1.165) is 31.6 Å². The van der Waals surface area contributed by atoms with E-state index >= 15 is 0 Å². The van der Waals surface area contributed by atoms with Gasteiger partial charge in [0.2, 0.25) is 5.88 Å². The zero-order chi connectivity index (χ0) is 16.8. The molecule has 1 saturated heterocycles. The first-order valence-corrected chi connectivity index (χ1v) is 8.11. The Balaban J connectivity index is 1.55. The Kier molecular flexibility index (Phi) is 5.38. The molecule has 1 N–H and O–H groups in total. The molecule has 6 nitrogen and oxygen atoms in total. The number of aryl methyl sites for hydroxylation is 1. The van der Waals surface area contributed by atoms with Crippen LogP contribution in [0.4, 0.5) is 5.69 Å². The molecule has 1 aliphatic heterocycles. The summed E-state index contributed by atoms with van der Waals surface area (Å²) < 4.78 is 11.0. The number of carbonyl (C=O) groups excluding carboxylic acids is 1. The molecule has 1 aliphatic rings. The van der Waals surface area contributed by atoms with E-state index in [1.807, 2.05) is 13.0 Å². The third-order valence-corrected chi connectivity index (χ3v) is 4.09. The maximum Gasteiger partial charge on any atom is 0.257 e. The van der Waals surface area contributed by atoms with Gasteiger partial charge in [0.1, 0.15) is 0 Å². The molecule has 0 unspecified atom stereocenters. The predicted octanol–water partition coefficient (Wildman–Crippen LogP) is 2.84. The highest BCUT2D eigenvalue weighted by Gasteiger charge is 2.15. The lowest BCUT2D eigenvalue weighted by Gasteiger charge is -2.21.